The Morgan fingerprint density at radius 2 is 1.77 bits per heavy atom. The number of nitrogens with one attached hydrogen (secondary N) is 1. The summed E-state index contributed by atoms with van der Waals surface area (Å²) >= 11 is 6.35. The first-order valence-corrected chi connectivity index (χ1v) is 13.6. The molecule has 9 heteroatoms. The molecule has 0 saturated carbocycles. The van der Waals surface area contributed by atoms with Crippen molar-refractivity contribution in [2.45, 2.75) is 38.6 Å². The number of benzene rings is 3. The molecule has 3 amide bonds. The molecule has 204 valence electrons. The molecule has 0 aliphatic carbocycles. The van der Waals surface area contributed by atoms with Crippen LogP contribution in [-0.2, 0) is 37.1 Å². The predicted molar refractivity (Wildman–Crippen MR) is 154 cm³/mol. The van der Waals surface area contributed by atoms with Gasteiger partial charge in [0.15, 0.2) is 0 Å². The van der Waals surface area contributed by atoms with Crippen molar-refractivity contribution in [3.8, 4) is 11.4 Å². The van der Waals surface area contributed by atoms with Gasteiger partial charge in [0.25, 0.3) is 0 Å². The fourth-order valence-corrected chi connectivity index (χ4v) is 5.94. The molecule has 40 heavy (non-hydrogen) atoms. The first kappa shape index (κ1) is 26.3. The highest BCUT2D eigenvalue weighted by atomic mass is 35.5. The van der Waals surface area contributed by atoms with Crippen LogP contribution in [-0.4, -0.2) is 38.0 Å². The van der Waals surface area contributed by atoms with Gasteiger partial charge in [0.2, 0.25) is 5.91 Å². The number of anilines is 1. The maximum Gasteiger partial charge on any atom is 0.329 e. The number of carbonyl (C=O) groups is 2. The summed E-state index contributed by atoms with van der Waals surface area (Å²) in [5.41, 5.74) is 4.97. The van der Waals surface area contributed by atoms with E-state index < -0.39 is 11.6 Å². The van der Waals surface area contributed by atoms with E-state index in [0.29, 0.717) is 22.9 Å². The van der Waals surface area contributed by atoms with E-state index in [2.05, 4.69) is 45.5 Å². The average Bonchev–Trinajstić information content (AvgIpc) is 3.51. The summed E-state index contributed by atoms with van der Waals surface area (Å²) in [6.07, 6.45) is 1.95. The number of amides is 3. The van der Waals surface area contributed by atoms with E-state index in [0.717, 1.165) is 36.6 Å². The number of hydrogen-bond acceptors (Lipinski definition) is 5. The van der Waals surface area contributed by atoms with Gasteiger partial charge in [-0.1, -0.05) is 66.2 Å². The molecular formula is C31H30ClN5O3. The number of nitrogens with zero attached hydrogens (tertiary/aromatic N) is 4. The topological polar surface area (TPSA) is 90.7 Å². The molecule has 1 aromatic heterocycles. The van der Waals surface area contributed by atoms with Gasteiger partial charge in [-0.05, 0) is 41.3 Å². The molecule has 1 saturated heterocycles. The van der Waals surface area contributed by atoms with Crippen molar-refractivity contribution in [2.75, 3.05) is 11.4 Å². The van der Waals surface area contributed by atoms with E-state index in [-0.39, 0.29) is 12.3 Å². The highest BCUT2D eigenvalue weighted by molar-refractivity contribution is 6.31. The third-order valence-corrected chi connectivity index (χ3v) is 8.20. The van der Waals surface area contributed by atoms with Crippen molar-refractivity contribution in [1.29, 1.82) is 0 Å². The lowest BCUT2D eigenvalue weighted by atomic mass is 9.88. The number of aliphatic hydroxyl groups is 1. The first-order valence-electron chi connectivity index (χ1n) is 13.2. The lowest BCUT2D eigenvalue weighted by Gasteiger charge is -2.26. The van der Waals surface area contributed by atoms with Crippen LogP contribution in [0.5, 0.6) is 0 Å². The Balaban J connectivity index is 1.15. The fraction of sp³-hybridized carbons (Fsp3) is 0.258. The second-order valence-electron chi connectivity index (χ2n) is 10.6. The maximum atomic E-state index is 12.3. The number of hydrogen-bond donors (Lipinski definition) is 2. The summed E-state index contributed by atoms with van der Waals surface area (Å²) in [5.74, 6) is 1.16. The van der Waals surface area contributed by atoms with Crippen molar-refractivity contribution in [2.24, 2.45) is 7.05 Å². The van der Waals surface area contributed by atoms with Crippen molar-refractivity contribution in [1.82, 2.24) is 19.8 Å². The SMILES string of the molecule is Cn1c(N2CCC(=O)NC2=O)cnc1-c1ccc2c(c1)CN(Cc1ccc(C(C)(O)c3ccccc3Cl)cc1)C2. The van der Waals surface area contributed by atoms with Gasteiger partial charge in [-0.3, -0.25) is 19.9 Å². The molecule has 0 radical (unpaired) electrons. The normalized spacial score (nSPS) is 17.1. The Hall–Kier alpha value is -3.98. The Bertz CT molecular complexity index is 1610. The Labute approximate surface area is 237 Å². The minimum absolute atomic E-state index is 0.258. The molecule has 8 nitrogen and oxygen atoms in total. The molecular weight excluding hydrogens is 526 g/mol. The molecule has 2 N–H and O–H groups in total. The van der Waals surface area contributed by atoms with Gasteiger partial charge in [0.05, 0.1) is 6.20 Å². The van der Waals surface area contributed by atoms with Gasteiger partial charge in [0, 0.05) is 55.8 Å². The van der Waals surface area contributed by atoms with E-state index in [9.17, 15) is 14.7 Å². The van der Waals surface area contributed by atoms with Gasteiger partial charge in [0.1, 0.15) is 17.2 Å². The Morgan fingerprint density at radius 3 is 2.52 bits per heavy atom. The maximum absolute atomic E-state index is 12.3. The summed E-state index contributed by atoms with van der Waals surface area (Å²) in [6.45, 7) is 4.55. The number of carbonyl (C=O) groups excluding carboxylic acids is 2. The van der Waals surface area contributed by atoms with Crippen molar-refractivity contribution in [3.63, 3.8) is 0 Å². The largest absolute Gasteiger partial charge is 0.381 e. The number of fused-ring (bicyclic) bond motifs is 1. The van der Waals surface area contributed by atoms with E-state index in [1.54, 1.807) is 24.1 Å². The molecule has 1 unspecified atom stereocenters. The minimum atomic E-state index is -1.18. The van der Waals surface area contributed by atoms with Gasteiger partial charge in [-0.15, -0.1) is 0 Å². The molecule has 1 fully saturated rings. The quantitative estimate of drug-likeness (QED) is 0.351. The number of urea groups is 1. The van der Waals surface area contributed by atoms with Gasteiger partial charge < -0.3 is 9.67 Å². The first-order chi connectivity index (χ1) is 19.2. The number of aromatic nitrogens is 2. The third kappa shape index (κ3) is 4.79. The number of imide groups is 1. The van der Waals surface area contributed by atoms with Gasteiger partial charge in [-0.25, -0.2) is 9.78 Å². The summed E-state index contributed by atoms with van der Waals surface area (Å²) in [5, 5.41) is 14.1. The van der Waals surface area contributed by atoms with E-state index >= 15 is 0 Å². The number of rotatable bonds is 6. The highest BCUT2D eigenvalue weighted by Crippen LogP contribution is 2.35. The van der Waals surface area contributed by atoms with Crippen LogP contribution < -0.4 is 10.2 Å². The highest BCUT2D eigenvalue weighted by Gasteiger charge is 2.29. The molecule has 2 aliphatic rings. The minimum Gasteiger partial charge on any atom is -0.381 e. The molecule has 3 aromatic carbocycles. The molecule has 6 rings (SSSR count). The Kier molecular flexibility index (Phi) is 6.70. The zero-order valence-corrected chi connectivity index (χ0v) is 23.2. The van der Waals surface area contributed by atoms with Crippen molar-refractivity contribution < 1.29 is 14.7 Å². The fourth-order valence-electron chi connectivity index (χ4n) is 5.62. The van der Waals surface area contributed by atoms with Crippen LogP contribution >= 0.6 is 11.6 Å². The standard InChI is InChI=1S/C31H30ClN5O3/c1-31(40,25-5-3-4-6-26(25)32)24-11-7-20(8-12-24)17-36-18-22-10-9-21(15-23(22)19-36)29-33-16-28(35(29)2)37-14-13-27(38)34-30(37)39/h3-12,15-16,40H,13-14,17-19H2,1-2H3,(H,34,38,39). The predicted octanol–water partition coefficient (Wildman–Crippen LogP) is 4.96. The van der Waals surface area contributed by atoms with Crippen LogP contribution in [0.4, 0.5) is 10.6 Å². The van der Waals surface area contributed by atoms with Crippen LogP contribution in [0.1, 0.15) is 41.2 Å². The zero-order chi connectivity index (χ0) is 28.0. The monoisotopic (exact) mass is 555 g/mol. The Morgan fingerprint density at radius 1 is 1.02 bits per heavy atom. The second-order valence-corrected chi connectivity index (χ2v) is 11.0. The van der Waals surface area contributed by atoms with Gasteiger partial charge in [-0.2, -0.15) is 0 Å². The number of halogens is 1. The number of imidazole rings is 1. The van der Waals surface area contributed by atoms with Crippen molar-refractivity contribution >= 4 is 29.4 Å². The van der Waals surface area contributed by atoms with E-state index in [1.807, 2.05) is 41.9 Å². The van der Waals surface area contributed by atoms with E-state index in [4.69, 9.17) is 11.6 Å². The average molecular weight is 556 g/mol. The smallest absolute Gasteiger partial charge is 0.329 e. The summed E-state index contributed by atoms with van der Waals surface area (Å²) in [7, 11) is 1.88. The van der Waals surface area contributed by atoms with Crippen LogP contribution in [0.2, 0.25) is 5.02 Å². The lowest BCUT2D eigenvalue weighted by molar-refractivity contribution is -0.120. The summed E-state index contributed by atoms with van der Waals surface area (Å²) < 4.78 is 1.89. The van der Waals surface area contributed by atoms with Gasteiger partial charge >= 0.3 is 6.03 Å². The van der Waals surface area contributed by atoms with E-state index in [1.165, 1.54) is 16.7 Å². The zero-order valence-electron chi connectivity index (χ0n) is 22.4. The van der Waals surface area contributed by atoms with Crippen LogP contribution in [0.25, 0.3) is 11.4 Å². The molecule has 3 heterocycles. The molecule has 0 bridgehead atoms. The van der Waals surface area contributed by atoms with Crippen LogP contribution in [0.3, 0.4) is 0 Å². The summed E-state index contributed by atoms with van der Waals surface area (Å²) in [4.78, 5) is 32.4. The molecule has 4 aromatic rings. The third-order valence-electron chi connectivity index (χ3n) is 7.87. The molecule has 0 spiro atoms. The van der Waals surface area contributed by atoms with Crippen LogP contribution in [0.15, 0.2) is 72.9 Å². The molecule has 2 aliphatic heterocycles. The van der Waals surface area contributed by atoms with Crippen molar-refractivity contribution in [3.05, 3.63) is 106 Å². The molecule has 1 atom stereocenters. The second kappa shape index (κ2) is 10.2. The summed E-state index contributed by atoms with van der Waals surface area (Å²) in [6, 6.07) is 21.4. The lowest BCUT2D eigenvalue weighted by Crippen LogP contribution is -2.50. The van der Waals surface area contributed by atoms with Crippen LogP contribution in [0, 0.1) is 0 Å².